The normalized spacial score (nSPS) is 10.7. The molecule has 0 atom stereocenters. The van der Waals surface area contributed by atoms with Gasteiger partial charge in [0.1, 0.15) is 0 Å². The third-order valence-corrected chi connectivity index (χ3v) is 6.35. The summed E-state index contributed by atoms with van der Waals surface area (Å²) in [5.41, 5.74) is 2.30. The number of carbonyl (C=O) groups is 1. The highest BCUT2D eigenvalue weighted by Crippen LogP contribution is 2.24. The smallest absolute Gasteiger partial charge is 0.264 e. The van der Waals surface area contributed by atoms with Crippen molar-refractivity contribution in [1.29, 1.82) is 5.26 Å². The van der Waals surface area contributed by atoms with Gasteiger partial charge in [-0.25, -0.2) is 8.42 Å². The first-order valence-electron chi connectivity index (χ1n) is 9.51. The summed E-state index contributed by atoms with van der Waals surface area (Å²) < 4.78 is 27.3. The maximum Gasteiger partial charge on any atom is 0.264 e. The van der Waals surface area contributed by atoms with Crippen molar-refractivity contribution in [2.24, 2.45) is 0 Å². The largest absolute Gasteiger partial charge is 0.322 e. The lowest BCUT2D eigenvalue weighted by molar-refractivity contribution is 0.102. The zero-order chi connectivity index (χ0) is 22.3. The second-order valence-corrected chi connectivity index (χ2v) is 8.53. The van der Waals surface area contributed by atoms with E-state index in [-0.39, 0.29) is 17.3 Å². The molecule has 0 bridgehead atoms. The minimum Gasteiger partial charge on any atom is -0.322 e. The van der Waals surface area contributed by atoms with Gasteiger partial charge in [0.05, 0.1) is 29.6 Å². The molecule has 6 nitrogen and oxygen atoms in total. The SMILES string of the molecule is C=CCN(c1ccc(C(=O)Nc2ccc(CC#N)cc2)cc1)S(=O)(=O)c1ccccc1. The molecule has 0 saturated carbocycles. The number of anilines is 2. The van der Waals surface area contributed by atoms with E-state index in [1.165, 1.54) is 22.5 Å². The number of hydrogen-bond donors (Lipinski definition) is 1. The number of hydrogen-bond acceptors (Lipinski definition) is 4. The van der Waals surface area contributed by atoms with Gasteiger partial charge < -0.3 is 5.32 Å². The summed E-state index contributed by atoms with van der Waals surface area (Å²) >= 11 is 0. The molecule has 0 aliphatic carbocycles. The van der Waals surface area contributed by atoms with E-state index in [2.05, 4.69) is 18.0 Å². The Labute approximate surface area is 182 Å². The quantitative estimate of drug-likeness (QED) is 0.536. The number of nitriles is 1. The van der Waals surface area contributed by atoms with Gasteiger partial charge in [0.15, 0.2) is 0 Å². The zero-order valence-electron chi connectivity index (χ0n) is 16.7. The Balaban J connectivity index is 1.79. The highest BCUT2D eigenvalue weighted by atomic mass is 32.2. The first-order chi connectivity index (χ1) is 15.0. The van der Waals surface area contributed by atoms with Gasteiger partial charge in [0.25, 0.3) is 15.9 Å². The van der Waals surface area contributed by atoms with E-state index in [9.17, 15) is 13.2 Å². The van der Waals surface area contributed by atoms with Crippen LogP contribution in [-0.2, 0) is 16.4 Å². The van der Waals surface area contributed by atoms with Crippen LogP contribution in [0.5, 0.6) is 0 Å². The second kappa shape index (κ2) is 9.74. The van der Waals surface area contributed by atoms with Crippen LogP contribution >= 0.6 is 0 Å². The summed E-state index contributed by atoms with van der Waals surface area (Å²) in [6.07, 6.45) is 1.82. The molecule has 0 spiro atoms. The fourth-order valence-electron chi connectivity index (χ4n) is 2.96. The van der Waals surface area contributed by atoms with Crippen LogP contribution in [0.15, 0.2) is 96.4 Å². The molecule has 0 fully saturated rings. The van der Waals surface area contributed by atoms with Crippen molar-refractivity contribution in [3.8, 4) is 6.07 Å². The number of nitrogens with one attached hydrogen (secondary N) is 1. The predicted octanol–water partition coefficient (Wildman–Crippen LogP) is 4.39. The Morgan fingerprint density at radius 2 is 1.65 bits per heavy atom. The standard InChI is InChI=1S/C24H21N3O3S/c1-2-18-27(31(29,30)23-6-4-3-5-7-23)22-14-10-20(11-15-22)24(28)26-21-12-8-19(9-13-21)16-17-25/h2-15H,1,16,18H2,(H,26,28). The van der Waals surface area contributed by atoms with Crippen LogP contribution in [0.1, 0.15) is 15.9 Å². The van der Waals surface area contributed by atoms with E-state index >= 15 is 0 Å². The van der Waals surface area contributed by atoms with E-state index in [0.717, 1.165) is 5.56 Å². The van der Waals surface area contributed by atoms with E-state index in [1.807, 2.05) is 0 Å². The summed E-state index contributed by atoms with van der Waals surface area (Å²) in [7, 11) is -3.77. The lowest BCUT2D eigenvalue weighted by Crippen LogP contribution is -2.31. The van der Waals surface area contributed by atoms with Gasteiger partial charge in [-0.1, -0.05) is 36.4 Å². The summed E-state index contributed by atoms with van der Waals surface area (Å²) in [5, 5.41) is 11.5. The van der Waals surface area contributed by atoms with E-state index in [1.54, 1.807) is 66.7 Å². The highest BCUT2D eigenvalue weighted by Gasteiger charge is 2.23. The Bertz CT molecular complexity index is 1200. The minimum absolute atomic E-state index is 0.0951. The fourth-order valence-corrected chi connectivity index (χ4v) is 4.42. The second-order valence-electron chi connectivity index (χ2n) is 6.67. The van der Waals surface area contributed by atoms with Crippen molar-refractivity contribution in [3.05, 3.63) is 103 Å². The molecule has 0 heterocycles. The van der Waals surface area contributed by atoms with Gasteiger partial charge in [-0.15, -0.1) is 6.58 Å². The monoisotopic (exact) mass is 431 g/mol. The molecule has 0 aliphatic rings. The molecular formula is C24H21N3O3S. The molecule has 3 rings (SSSR count). The lowest BCUT2D eigenvalue weighted by Gasteiger charge is -2.23. The first kappa shape index (κ1) is 21.8. The molecule has 1 amide bonds. The van der Waals surface area contributed by atoms with E-state index in [0.29, 0.717) is 23.4 Å². The van der Waals surface area contributed by atoms with Gasteiger partial charge >= 0.3 is 0 Å². The van der Waals surface area contributed by atoms with Crippen LogP contribution in [0.2, 0.25) is 0 Å². The highest BCUT2D eigenvalue weighted by molar-refractivity contribution is 7.92. The van der Waals surface area contributed by atoms with Crippen LogP contribution < -0.4 is 9.62 Å². The topological polar surface area (TPSA) is 90.3 Å². The van der Waals surface area contributed by atoms with Crippen LogP contribution in [0.4, 0.5) is 11.4 Å². The summed E-state index contributed by atoms with van der Waals surface area (Å²) in [6, 6.07) is 23.6. The lowest BCUT2D eigenvalue weighted by atomic mass is 10.1. The van der Waals surface area contributed by atoms with Crippen molar-refractivity contribution in [2.45, 2.75) is 11.3 Å². The van der Waals surface area contributed by atoms with Gasteiger partial charge in [-0.05, 0) is 54.1 Å². The first-order valence-corrected chi connectivity index (χ1v) is 11.0. The molecule has 0 aliphatic heterocycles. The summed E-state index contributed by atoms with van der Waals surface area (Å²) in [5.74, 6) is -0.319. The van der Waals surface area contributed by atoms with Crippen LogP contribution in [0, 0.1) is 11.3 Å². The Kier molecular flexibility index (Phi) is 6.85. The summed E-state index contributed by atoms with van der Waals surface area (Å²) in [4.78, 5) is 12.7. The van der Waals surface area contributed by atoms with Crippen molar-refractivity contribution in [2.75, 3.05) is 16.2 Å². The third kappa shape index (κ3) is 5.18. The molecule has 0 aromatic heterocycles. The van der Waals surface area contributed by atoms with Crippen LogP contribution in [0.3, 0.4) is 0 Å². The Morgan fingerprint density at radius 3 is 2.23 bits per heavy atom. The molecule has 156 valence electrons. The van der Waals surface area contributed by atoms with E-state index in [4.69, 9.17) is 5.26 Å². The number of nitrogens with zero attached hydrogens (tertiary/aromatic N) is 2. The molecule has 0 radical (unpaired) electrons. The zero-order valence-corrected chi connectivity index (χ0v) is 17.5. The number of rotatable bonds is 8. The van der Waals surface area contributed by atoms with Gasteiger partial charge in [-0.3, -0.25) is 9.10 Å². The van der Waals surface area contributed by atoms with Gasteiger partial charge in [0.2, 0.25) is 0 Å². The molecule has 0 unspecified atom stereocenters. The molecule has 3 aromatic rings. The number of amides is 1. The minimum atomic E-state index is -3.77. The Morgan fingerprint density at radius 1 is 1.00 bits per heavy atom. The number of benzene rings is 3. The summed E-state index contributed by atoms with van der Waals surface area (Å²) in [6.45, 7) is 3.75. The van der Waals surface area contributed by atoms with Crippen molar-refractivity contribution >= 4 is 27.3 Å². The Hall–Kier alpha value is -3.89. The average molecular weight is 432 g/mol. The predicted molar refractivity (Wildman–Crippen MR) is 121 cm³/mol. The van der Waals surface area contributed by atoms with Crippen molar-refractivity contribution in [3.63, 3.8) is 0 Å². The average Bonchev–Trinajstić information content (AvgIpc) is 2.79. The van der Waals surface area contributed by atoms with Gasteiger partial charge in [-0.2, -0.15) is 5.26 Å². The number of carbonyl (C=O) groups excluding carboxylic acids is 1. The number of sulfonamides is 1. The fraction of sp³-hybridized carbons (Fsp3) is 0.0833. The van der Waals surface area contributed by atoms with Crippen LogP contribution in [0.25, 0.3) is 0 Å². The molecule has 3 aromatic carbocycles. The molecule has 31 heavy (non-hydrogen) atoms. The molecular weight excluding hydrogens is 410 g/mol. The maximum absolute atomic E-state index is 13.0. The molecule has 1 N–H and O–H groups in total. The molecule has 7 heteroatoms. The maximum atomic E-state index is 13.0. The third-order valence-electron chi connectivity index (χ3n) is 4.54. The van der Waals surface area contributed by atoms with Crippen molar-refractivity contribution in [1.82, 2.24) is 0 Å². The molecule has 0 saturated heterocycles. The van der Waals surface area contributed by atoms with Crippen LogP contribution in [-0.4, -0.2) is 20.9 Å². The van der Waals surface area contributed by atoms with Gasteiger partial charge in [0, 0.05) is 11.3 Å². The van der Waals surface area contributed by atoms with Crippen molar-refractivity contribution < 1.29 is 13.2 Å². The van der Waals surface area contributed by atoms with E-state index < -0.39 is 10.0 Å².